The van der Waals surface area contributed by atoms with Gasteiger partial charge in [0.2, 0.25) is 11.8 Å². The van der Waals surface area contributed by atoms with Crippen LogP contribution in [0, 0.1) is 13.8 Å². The highest BCUT2D eigenvalue weighted by molar-refractivity contribution is 7.92. The number of carbonyl (C=O) groups is 2. The zero-order valence-electron chi connectivity index (χ0n) is 23.0. The van der Waals surface area contributed by atoms with Crippen molar-refractivity contribution in [3.8, 4) is 0 Å². The van der Waals surface area contributed by atoms with Crippen molar-refractivity contribution < 1.29 is 18.0 Å². The molecule has 3 aromatic rings. The van der Waals surface area contributed by atoms with Gasteiger partial charge in [-0.1, -0.05) is 60.5 Å². The van der Waals surface area contributed by atoms with E-state index in [9.17, 15) is 18.0 Å². The van der Waals surface area contributed by atoms with Crippen molar-refractivity contribution in [1.82, 2.24) is 10.2 Å². The number of amides is 2. The quantitative estimate of drug-likeness (QED) is 0.331. The lowest BCUT2D eigenvalue weighted by Gasteiger charge is -2.32. The Labute approximate surface area is 236 Å². The number of hydrogen-bond acceptors (Lipinski definition) is 4. The molecule has 0 unspecified atom stereocenters. The number of halogens is 1. The molecule has 0 aromatic heterocycles. The van der Waals surface area contributed by atoms with Gasteiger partial charge in [0.1, 0.15) is 12.6 Å². The monoisotopic (exact) mass is 569 g/mol. The predicted molar refractivity (Wildman–Crippen MR) is 156 cm³/mol. The third-order valence-corrected chi connectivity index (χ3v) is 8.81. The van der Waals surface area contributed by atoms with Crippen LogP contribution in [0.25, 0.3) is 0 Å². The van der Waals surface area contributed by atoms with Crippen LogP contribution in [-0.2, 0) is 26.2 Å². The van der Waals surface area contributed by atoms with Gasteiger partial charge in [-0.3, -0.25) is 13.9 Å². The summed E-state index contributed by atoms with van der Waals surface area (Å²) in [7, 11) is -4.14. The number of carbonyl (C=O) groups excluding carboxylic acids is 2. The third kappa shape index (κ3) is 7.61. The maximum atomic E-state index is 14.0. The van der Waals surface area contributed by atoms with Crippen molar-refractivity contribution in [3.05, 3.63) is 94.5 Å². The SMILES string of the molecule is CC[C@@H](C)NC(=O)[C@H](C)N(Cc1ccccc1C)C(=O)CN(c1ccc(C)cc1)S(=O)(=O)c1ccc(Cl)cc1. The van der Waals surface area contributed by atoms with Gasteiger partial charge >= 0.3 is 0 Å². The summed E-state index contributed by atoms with van der Waals surface area (Å²) in [5, 5.41) is 3.34. The van der Waals surface area contributed by atoms with E-state index in [0.717, 1.165) is 27.4 Å². The van der Waals surface area contributed by atoms with Crippen molar-refractivity contribution in [2.45, 2.75) is 64.6 Å². The molecule has 3 rings (SSSR count). The van der Waals surface area contributed by atoms with Crippen LogP contribution >= 0.6 is 11.6 Å². The Bertz CT molecular complexity index is 1390. The van der Waals surface area contributed by atoms with Crippen molar-refractivity contribution in [1.29, 1.82) is 0 Å². The minimum absolute atomic E-state index is 0.00768. The molecule has 208 valence electrons. The maximum Gasteiger partial charge on any atom is 0.264 e. The van der Waals surface area contributed by atoms with Crippen LogP contribution in [0.5, 0.6) is 0 Å². The van der Waals surface area contributed by atoms with Gasteiger partial charge < -0.3 is 10.2 Å². The molecule has 2 atom stereocenters. The molecule has 0 bridgehead atoms. The van der Waals surface area contributed by atoms with Crippen LogP contribution in [0.1, 0.15) is 43.9 Å². The van der Waals surface area contributed by atoms with Gasteiger partial charge in [0.25, 0.3) is 10.0 Å². The van der Waals surface area contributed by atoms with Crippen molar-refractivity contribution in [2.24, 2.45) is 0 Å². The molecule has 9 heteroatoms. The Morgan fingerprint density at radius 2 is 1.54 bits per heavy atom. The average molecular weight is 570 g/mol. The maximum absolute atomic E-state index is 14.0. The molecule has 7 nitrogen and oxygen atoms in total. The minimum Gasteiger partial charge on any atom is -0.352 e. The van der Waals surface area contributed by atoms with E-state index < -0.39 is 28.5 Å². The van der Waals surface area contributed by atoms with Crippen LogP contribution < -0.4 is 9.62 Å². The summed E-state index contributed by atoms with van der Waals surface area (Å²) >= 11 is 6.00. The topological polar surface area (TPSA) is 86.8 Å². The van der Waals surface area contributed by atoms with Crippen molar-refractivity contribution in [3.63, 3.8) is 0 Å². The Kier molecular flexibility index (Phi) is 10.2. The predicted octanol–water partition coefficient (Wildman–Crippen LogP) is 5.48. The number of nitrogens with one attached hydrogen (secondary N) is 1. The van der Waals surface area contributed by atoms with E-state index in [1.807, 2.05) is 52.0 Å². The molecule has 1 N–H and O–H groups in total. The number of anilines is 1. The molecule has 2 amide bonds. The normalized spacial score (nSPS) is 12.9. The number of aryl methyl sites for hydroxylation is 2. The van der Waals surface area contributed by atoms with Gasteiger partial charge in [-0.15, -0.1) is 0 Å². The van der Waals surface area contributed by atoms with Gasteiger partial charge in [-0.05, 0) is 81.6 Å². The van der Waals surface area contributed by atoms with Crippen LogP contribution in [0.15, 0.2) is 77.7 Å². The molecule has 0 fully saturated rings. The molecule has 0 aliphatic heterocycles. The molecule has 3 aromatic carbocycles. The first-order valence-corrected chi connectivity index (χ1v) is 14.7. The molecule has 0 heterocycles. The number of nitrogens with zero attached hydrogens (tertiary/aromatic N) is 2. The summed E-state index contributed by atoms with van der Waals surface area (Å²) in [6.07, 6.45) is 0.741. The fourth-order valence-corrected chi connectivity index (χ4v) is 5.53. The Hall–Kier alpha value is -3.36. The third-order valence-electron chi connectivity index (χ3n) is 6.77. The lowest BCUT2D eigenvalue weighted by atomic mass is 10.1. The fraction of sp³-hybridized carbons (Fsp3) is 0.333. The average Bonchev–Trinajstić information content (AvgIpc) is 2.91. The van der Waals surface area contributed by atoms with E-state index in [0.29, 0.717) is 10.7 Å². The van der Waals surface area contributed by atoms with Crippen LogP contribution in [-0.4, -0.2) is 43.8 Å². The molecule has 39 heavy (non-hydrogen) atoms. The molecule has 0 aliphatic carbocycles. The second-order valence-corrected chi connectivity index (χ2v) is 12.0. The minimum atomic E-state index is -4.14. The van der Waals surface area contributed by atoms with Crippen molar-refractivity contribution in [2.75, 3.05) is 10.8 Å². The first-order chi connectivity index (χ1) is 18.4. The fourth-order valence-electron chi connectivity index (χ4n) is 3.99. The highest BCUT2D eigenvalue weighted by Gasteiger charge is 2.33. The van der Waals surface area contributed by atoms with Crippen LogP contribution in [0.3, 0.4) is 0 Å². The summed E-state index contributed by atoms with van der Waals surface area (Å²) in [5.74, 6) is -0.795. The first-order valence-electron chi connectivity index (χ1n) is 12.9. The Morgan fingerprint density at radius 1 is 0.923 bits per heavy atom. The summed E-state index contributed by atoms with van der Waals surface area (Å²) < 4.78 is 28.7. The lowest BCUT2D eigenvalue weighted by Crippen LogP contribution is -2.52. The van der Waals surface area contributed by atoms with E-state index >= 15 is 0 Å². The number of benzene rings is 3. The second kappa shape index (κ2) is 13.1. The van der Waals surface area contributed by atoms with E-state index in [2.05, 4.69) is 5.32 Å². The Balaban J connectivity index is 2.03. The lowest BCUT2D eigenvalue weighted by molar-refractivity contribution is -0.139. The zero-order valence-corrected chi connectivity index (χ0v) is 24.6. The van der Waals surface area contributed by atoms with Gasteiger partial charge in [0.05, 0.1) is 10.6 Å². The van der Waals surface area contributed by atoms with Gasteiger partial charge in [-0.25, -0.2) is 8.42 Å². The standard InChI is InChI=1S/C30H36ClN3O4S/c1-6-23(4)32-30(36)24(5)33(19-25-10-8-7-9-22(25)3)29(35)20-34(27-15-11-21(2)12-16-27)39(37,38)28-17-13-26(31)14-18-28/h7-18,23-24H,6,19-20H2,1-5H3,(H,32,36)/t23-,24+/m1/s1. The van der Waals surface area contributed by atoms with Gasteiger partial charge in [0, 0.05) is 17.6 Å². The smallest absolute Gasteiger partial charge is 0.264 e. The Morgan fingerprint density at radius 3 is 2.13 bits per heavy atom. The van der Waals surface area contributed by atoms with E-state index in [1.54, 1.807) is 31.2 Å². The highest BCUT2D eigenvalue weighted by Crippen LogP contribution is 2.26. The second-order valence-electron chi connectivity index (χ2n) is 9.74. The summed E-state index contributed by atoms with van der Waals surface area (Å²) in [5.41, 5.74) is 3.13. The first kappa shape index (κ1) is 30.2. The van der Waals surface area contributed by atoms with E-state index in [-0.39, 0.29) is 23.4 Å². The number of hydrogen-bond donors (Lipinski definition) is 1. The molecular formula is C30H36ClN3O4S. The molecule has 0 saturated carbocycles. The summed E-state index contributed by atoms with van der Waals surface area (Å²) in [6.45, 7) is 9.03. The van der Waals surface area contributed by atoms with Crippen LogP contribution in [0.4, 0.5) is 5.69 Å². The van der Waals surface area contributed by atoms with Gasteiger partial charge in [-0.2, -0.15) is 0 Å². The molecular weight excluding hydrogens is 534 g/mol. The summed E-state index contributed by atoms with van der Waals surface area (Å²) in [4.78, 5) is 28.5. The summed E-state index contributed by atoms with van der Waals surface area (Å²) in [6, 6.07) is 19.5. The number of sulfonamides is 1. The molecule has 0 saturated heterocycles. The van der Waals surface area contributed by atoms with Crippen LogP contribution in [0.2, 0.25) is 5.02 Å². The largest absolute Gasteiger partial charge is 0.352 e. The van der Waals surface area contributed by atoms with E-state index in [4.69, 9.17) is 11.6 Å². The van der Waals surface area contributed by atoms with Gasteiger partial charge in [0.15, 0.2) is 0 Å². The van der Waals surface area contributed by atoms with E-state index in [1.165, 1.54) is 29.2 Å². The molecule has 0 radical (unpaired) electrons. The molecule has 0 aliphatic rings. The molecule has 0 spiro atoms. The zero-order chi connectivity index (χ0) is 28.7. The highest BCUT2D eigenvalue weighted by atomic mass is 35.5. The van der Waals surface area contributed by atoms with Crippen molar-refractivity contribution >= 4 is 39.1 Å². The number of rotatable bonds is 11.